The topological polar surface area (TPSA) is 56.5 Å². The molecule has 0 spiro atoms. The molecule has 0 bridgehead atoms. The Hall–Kier alpha value is -8.54. The van der Waals surface area contributed by atoms with Crippen LogP contribution in [0.1, 0.15) is 0 Å². The molecule has 0 unspecified atom stereocenters. The lowest BCUT2D eigenvalue weighted by Crippen LogP contribution is -1.95. The highest BCUT2D eigenvalue weighted by molar-refractivity contribution is 6.29. The average molecular weight is 804 g/mol. The molecule has 0 aliphatic heterocycles. The Bertz CT molecular complexity index is 3570. The minimum Gasteiger partial charge on any atom is -0.309 e. The average Bonchev–Trinajstić information content (AvgIpc) is 3.71. The van der Waals surface area contributed by atoms with Crippen LogP contribution in [0.4, 0.5) is 0 Å². The largest absolute Gasteiger partial charge is 0.309 e. The summed E-state index contributed by atoms with van der Waals surface area (Å²) < 4.78 is 2.38. The molecule has 5 nitrogen and oxygen atoms in total. The number of para-hydroxylation sites is 3. The lowest BCUT2D eigenvalue weighted by atomic mass is 9.93. The van der Waals surface area contributed by atoms with E-state index in [9.17, 15) is 0 Å². The normalized spacial score (nSPS) is 11.5. The Balaban J connectivity index is 0.954. The number of hydrogen-bond donors (Lipinski definition) is 0. The summed E-state index contributed by atoms with van der Waals surface area (Å²) in [7, 11) is 0. The van der Waals surface area contributed by atoms with Crippen LogP contribution in [0.25, 0.3) is 117 Å². The minimum absolute atomic E-state index is 0.809. The van der Waals surface area contributed by atoms with Crippen LogP contribution in [0.2, 0.25) is 0 Å². The van der Waals surface area contributed by atoms with Gasteiger partial charge < -0.3 is 4.57 Å². The SMILES string of the molecule is c1ccc(-c2nc3c(-c4ccc(-c5ccc(-c6cc(-c7ccccn7)nc(-c7ccccn7)c6)cc5)cc4)cccc3c3ccc4c(c5ccccc5n4-c4ccccc4)c23)cc1. The Morgan fingerprint density at radius 1 is 0.317 bits per heavy atom. The first-order valence-electron chi connectivity index (χ1n) is 21.2. The standard InChI is InChI=1S/C58H37N5/c1-3-14-42(15-4-1)57-56-46(32-33-54-55(56)48-18-7-8-23-53(48)63(54)44-16-5-2-6-17-44)47-20-13-19-45(58(47)62-57)41-30-28-39(29-31-41)38-24-26-40(27-25-38)43-36-51(49-21-9-11-34-59-49)61-52(37-43)50-22-10-12-35-60-50/h1-37H. The first-order valence-corrected chi connectivity index (χ1v) is 21.2. The highest BCUT2D eigenvalue weighted by Gasteiger charge is 2.21. The highest BCUT2D eigenvalue weighted by atomic mass is 15.0. The van der Waals surface area contributed by atoms with E-state index in [1.54, 1.807) is 12.4 Å². The summed E-state index contributed by atoms with van der Waals surface area (Å²) >= 11 is 0. The molecule has 0 saturated carbocycles. The van der Waals surface area contributed by atoms with E-state index in [-0.39, 0.29) is 0 Å². The molecule has 7 aromatic carbocycles. The van der Waals surface area contributed by atoms with Crippen LogP contribution in [0, 0.1) is 0 Å². The van der Waals surface area contributed by atoms with Gasteiger partial charge in [-0.1, -0.05) is 152 Å². The molecule has 12 aromatic rings. The Labute approximate surface area is 364 Å². The zero-order valence-electron chi connectivity index (χ0n) is 34.1. The molecule has 0 aliphatic rings. The van der Waals surface area contributed by atoms with E-state index < -0.39 is 0 Å². The molecule has 0 atom stereocenters. The van der Waals surface area contributed by atoms with Gasteiger partial charge in [0.15, 0.2) is 0 Å². The second-order valence-corrected chi connectivity index (χ2v) is 15.8. The maximum Gasteiger partial charge on any atom is 0.0900 e. The summed E-state index contributed by atoms with van der Waals surface area (Å²) in [4.78, 5) is 19.8. The van der Waals surface area contributed by atoms with Crippen molar-refractivity contribution in [2.75, 3.05) is 0 Å². The van der Waals surface area contributed by atoms with E-state index in [0.29, 0.717) is 0 Å². The second kappa shape index (κ2) is 15.2. The van der Waals surface area contributed by atoms with Crippen LogP contribution in [0.3, 0.4) is 0 Å². The zero-order valence-corrected chi connectivity index (χ0v) is 34.1. The Kier molecular flexibility index (Phi) is 8.75. The smallest absolute Gasteiger partial charge is 0.0900 e. The van der Waals surface area contributed by atoms with Crippen molar-refractivity contribution >= 4 is 43.5 Å². The maximum atomic E-state index is 5.64. The van der Waals surface area contributed by atoms with Crippen LogP contribution < -0.4 is 0 Å². The Morgan fingerprint density at radius 3 is 1.54 bits per heavy atom. The van der Waals surface area contributed by atoms with Crippen LogP contribution >= 0.6 is 0 Å². The van der Waals surface area contributed by atoms with E-state index in [1.165, 1.54) is 27.1 Å². The molecule has 5 heterocycles. The van der Waals surface area contributed by atoms with Crippen molar-refractivity contribution in [1.82, 2.24) is 24.5 Å². The maximum absolute atomic E-state index is 5.64. The number of fused-ring (bicyclic) bond motifs is 7. The van der Waals surface area contributed by atoms with Crippen LogP contribution in [0.5, 0.6) is 0 Å². The molecule has 5 aromatic heterocycles. The van der Waals surface area contributed by atoms with Gasteiger partial charge in [-0.15, -0.1) is 0 Å². The van der Waals surface area contributed by atoms with Crippen molar-refractivity contribution in [2.24, 2.45) is 0 Å². The first kappa shape index (κ1) is 36.3. The molecule has 0 fully saturated rings. The molecule has 0 amide bonds. The van der Waals surface area contributed by atoms with Crippen LogP contribution in [-0.2, 0) is 0 Å². The quantitative estimate of drug-likeness (QED) is 0.151. The monoisotopic (exact) mass is 803 g/mol. The summed E-state index contributed by atoms with van der Waals surface area (Å²) in [5.74, 6) is 0. The first-order chi connectivity index (χ1) is 31.2. The van der Waals surface area contributed by atoms with Crippen molar-refractivity contribution < 1.29 is 0 Å². The molecule has 0 N–H and O–H groups in total. The third-order valence-electron chi connectivity index (χ3n) is 12.1. The number of benzene rings is 7. The van der Waals surface area contributed by atoms with E-state index >= 15 is 0 Å². The number of rotatable bonds is 7. The summed E-state index contributed by atoms with van der Waals surface area (Å²) in [5.41, 5.74) is 16.5. The van der Waals surface area contributed by atoms with Crippen molar-refractivity contribution in [3.63, 3.8) is 0 Å². The molecule has 294 valence electrons. The number of nitrogens with zero attached hydrogens (tertiary/aromatic N) is 5. The highest BCUT2D eigenvalue weighted by Crippen LogP contribution is 2.44. The van der Waals surface area contributed by atoms with Crippen molar-refractivity contribution in [1.29, 1.82) is 0 Å². The summed E-state index contributed by atoms with van der Waals surface area (Å²) in [6.45, 7) is 0. The lowest BCUT2D eigenvalue weighted by molar-refractivity contribution is 1.18. The van der Waals surface area contributed by atoms with E-state index in [2.05, 4.69) is 190 Å². The second-order valence-electron chi connectivity index (χ2n) is 15.8. The zero-order chi connectivity index (χ0) is 41.7. The fourth-order valence-corrected chi connectivity index (χ4v) is 9.16. The summed E-state index contributed by atoms with van der Waals surface area (Å²) in [5, 5.41) is 5.92. The van der Waals surface area contributed by atoms with E-state index in [0.717, 1.165) is 89.5 Å². The molecule has 5 heteroatoms. The molecule has 0 saturated heterocycles. The van der Waals surface area contributed by atoms with E-state index in [4.69, 9.17) is 9.97 Å². The molecule has 0 radical (unpaired) electrons. The van der Waals surface area contributed by atoms with E-state index in [1.807, 2.05) is 36.4 Å². The predicted molar refractivity (Wildman–Crippen MR) is 260 cm³/mol. The Morgan fingerprint density at radius 2 is 0.889 bits per heavy atom. The third kappa shape index (κ3) is 6.34. The molecular weight excluding hydrogens is 767 g/mol. The van der Waals surface area contributed by atoms with Crippen molar-refractivity contribution in [2.45, 2.75) is 0 Å². The van der Waals surface area contributed by atoms with Gasteiger partial charge in [-0.25, -0.2) is 9.97 Å². The molecule has 0 aliphatic carbocycles. The summed E-state index contributed by atoms with van der Waals surface area (Å²) in [6.07, 6.45) is 3.60. The minimum atomic E-state index is 0.809. The predicted octanol–water partition coefficient (Wildman–Crippen LogP) is 14.7. The summed E-state index contributed by atoms with van der Waals surface area (Å²) in [6, 6.07) is 74.9. The van der Waals surface area contributed by atoms with Crippen molar-refractivity contribution in [3.05, 3.63) is 225 Å². The van der Waals surface area contributed by atoms with Crippen molar-refractivity contribution in [3.8, 4) is 73.1 Å². The van der Waals surface area contributed by atoms with Gasteiger partial charge in [0.1, 0.15) is 0 Å². The fourth-order valence-electron chi connectivity index (χ4n) is 9.16. The number of aromatic nitrogens is 5. The van der Waals surface area contributed by atoms with Crippen LogP contribution in [-0.4, -0.2) is 24.5 Å². The lowest BCUT2D eigenvalue weighted by Gasteiger charge is -2.15. The molecule has 63 heavy (non-hydrogen) atoms. The third-order valence-corrected chi connectivity index (χ3v) is 12.1. The van der Waals surface area contributed by atoms with Gasteiger partial charge in [-0.3, -0.25) is 9.97 Å². The number of pyridine rings is 4. The number of hydrogen-bond acceptors (Lipinski definition) is 4. The van der Waals surface area contributed by atoms with Gasteiger partial charge in [-0.2, -0.15) is 0 Å². The molecule has 12 rings (SSSR count). The molecular formula is C58H37N5. The van der Waals surface area contributed by atoms with Crippen LogP contribution in [0.15, 0.2) is 225 Å². The van der Waals surface area contributed by atoms with Gasteiger partial charge in [0, 0.05) is 50.8 Å². The van der Waals surface area contributed by atoms with Gasteiger partial charge in [0.25, 0.3) is 0 Å². The fraction of sp³-hybridized carbons (Fsp3) is 0. The van der Waals surface area contributed by atoms with Gasteiger partial charge in [-0.05, 0) is 93.9 Å². The van der Waals surface area contributed by atoms with Gasteiger partial charge >= 0.3 is 0 Å². The van der Waals surface area contributed by atoms with Gasteiger partial charge in [0.05, 0.1) is 45.0 Å². The van der Waals surface area contributed by atoms with Gasteiger partial charge in [0.2, 0.25) is 0 Å².